The number of rotatable bonds is 1. The molecule has 0 unspecified atom stereocenters. The van der Waals surface area contributed by atoms with E-state index in [0.717, 1.165) is 6.42 Å². The van der Waals surface area contributed by atoms with E-state index < -0.39 is 0 Å². The fourth-order valence-corrected chi connectivity index (χ4v) is 1.34. The van der Waals surface area contributed by atoms with Crippen molar-refractivity contribution in [2.45, 2.75) is 38.2 Å². The predicted octanol–water partition coefficient (Wildman–Crippen LogP) is 2.30. The highest BCUT2D eigenvalue weighted by atomic mass is 32.1. The van der Waals surface area contributed by atoms with Crippen molar-refractivity contribution in [1.82, 2.24) is 0 Å². The lowest BCUT2D eigenvalue weighted by Crippen LogP contribution is -2.47. The van der Waals surface area contributed by atoms with Crippen LogP contribution in [0.1, 0.15) is 27.2 Å². The largest absolute Gasteiger partial charge is 0.351 e. The van der Waals surface area contributed by atoms with E-state index in [2.05, 4.69) is 40.3 Å². The third-order valence-electron chi connectivity index (χ3n) is 2.18. The summed E-state index contributed by atoms with van der Waals surface area (Å²) in [6.07, 6.45) is 0.617. The zero-order chi connectivity index (χ0) is 10.1. The first kappa shape index (κ1) is 11.3. The maximum absolute atomic E-state index is 5.61. The molecule has 0 atom stereocenters. The van der Waals surface area contributed by atoms with Gasteiger partial charge in [-0.15, -0.1) is 0 Å². The Bertz CT molecular complexity index is 166. The number of thiol groups is 1. The molecule has 1 radical (unpaired) electrons. The molecule has 13 heavy (non-hydrogen) atoms. The summed E-state index contributed by atoms with van der Waals surface area (Å²) in [6, 6.07) is 0. The van der Waals surface area contributed by atoms with Crippen molar-refractivity contribution in [1.29, 1.82) is 0 Å². The first-order valence-electron chi connectivity index (χ1n) is 4.62. The van der Waals surface area contributed by atoms with Crippen LogP contribution in [-0.2, 0) is 9.47 Å². The van der Waals surface area contributed by atoms with Crippen LogP contribution in [0.4, 0.5) is 0 Å². The van der Waals surface area contributed by atoms with Crippen molar-refractivity contribution < 1.29 is 9.47 Å². The van der Waals surface area contributed by atoms with Gasteiger partial charge in [0.25, 0.3) is 0 Å². The SMILES string of the molecule is [CH2]CC1(S)COC(C(C)(C)C)OC1. The van der Waals surface area contributed by atoms with Crippen LogP contribution in [0.15, 0.2) is 0 Å². The van der Waals surface area contributed by atoms with Gasteiger partial charge in [0, 0.05) is 5.41 Å². The maximum Gasteiger partial charge on any atom is 0.162 e. The molecule has 0 N–H and O–H groups in total. The van der Waals surface area contributed by atoms with Gasteiger partial charge in [0.05, 0.1) is 18.0 Å². The molecule has 1 rings (SSSR count). The second kappa shape index (κ2) is 3.79. The van der Waals surface area contributed by atoms with Gasteiger partial charge in [-0.05, 0) is 6.42 Å². The van der Waals surface area contributed by atoms with E-state index in [0.29, 0.717) is 13.2 Å². The van der Waals surface area contributed by atoms with E-state index in [4.69, 9.17) is 9.47 Å². The van der Waals surface area contributed by atoms with Crippen molar-refractivity contribution in [3.63, 3.8) is 0 Å². The summed E-state index contributed by atoms with van der Waals surface area (Å²) in [7, 11) is 0. The molecule has 0 spiro atoms. The van der Waals surface area contributed by atoms with Crippen molar-refractivity contribution in [3.05, 3.63) is 6.92 Å². The highest BCUT2D eigenvalue weighted by Gasteiger charge is 2.37. The van der Waals surface area contributed by atoms with Gasteiger partial charge >= 0.3 is 0 Å². The molecule has 1 fully saturated rings. The van der Waals surface area contributed by atoms with Gasteiger partial charge in [-0.2, -0.15) is 12.6 Å². The Labute approximate surface area is 86.4 Å². The zero-order valence-electron chi connectivity index (χ0n) is 8.67. The van der Waals surface area contributed by atoms with Gasteiger partial charge < -0.3 is 9.47 Å². The van der Waals surface area contributed by atoms with E-state index in [9.17, 15) is 0 Å². The van der Waals surface area contributed by atoms with E-state index >= 15 is 0 Å². The smallest absolute Gasteiger partial charge is 0.162 e. The van der Waals surface area contributed by atoms with Crippen molar-refractivity contribution >= 4 is 12.6 Å². The summed E-state index contributed by atoms with van der Waals surface area (Å²) in [5, 5.41) is 0. The molecular formula is C10H19O2S. The molecule has 1 saturated heterocycles. The Kier molecular flexibility index (Phi) is 3.31. The molecule has 0 aromatic carbocycles. The topological polar surface area (TPSA) is 18.5 Å². The molecule has 0 amide bonds. The minimum absolute atomic E-state index is 0.0380. The molecular weight excluding hydrogens is 184 g/mol. The van der Waals surface area contributed by atoms with Crippen LogP contribution in [0.3, 0.4) is 0 Å². The molecule has 1 heterocycles. The molecule has 77 valence electrons. The van der Waals surface area contributed by atoms with Crippen LogP contribution in [0.5, 0.6) is 0 Å². The highest BCUT2D eigenvalue weighted by Crippen LogP contribution is 2.32. The third-order valence-corrected chi connectivity index (χ3v) is 2.66. The molecule has 0 aliphatic carbocycles. The van der Waals surface area contributed by atoms with Gasteiger partial charge in [-0.25, -0.2) is 0 Å². The van der Waals surface area contributed by atoms with Gasteiger partial charge in [-0.1, -0.05) is 27.7 Å². The van der Waals surface area contributed by atoms with Crippen LogP contribution < -0.4 is 0 Å². The summed E-state index contributed by atoms with van der Waals surface area (Å²) in [5.74, 6) is 0. The van der Waals surface area contributed by atoms with Crippen LogP contribution in [0.25, 0.3) is 0 Å². The summed E-state index contributed by atoms with van der Waals surface area (Å²) in [6.45, 7) is 11.4. The minimum Gasteiger partial charge on any atom is -0.351 e. The quantitative estimate of drug-likeness (QED) is 0.659. The van der Waals surface area contributed by atoms with Crippen molar-refractivity contribution in [3.8, 4) is 0 Å². The summed E-state index contributed by atoms with van der Waals surface area (Å²) < 4.78 is 11.0. The Balaban J connectivity index is 2.48. The minimum atomic E-state index is -0.193. The van der Waals surface area contributed by atoms with Crippen LogP contribution in [-0.4, -0.2) is 24.3 Å². The van der Waals surface area contributed by atoms with Crippen LogP contribution >= 0.6 is 12.6 Å². The lowest BCUT2D eigenvalue weighted by atomic mass is 9.94. The predicted molar refractivity (Wildman–Crippen MR) is 56.8 cm³/mol. The summed E-state index contributed by atoms with van der Waals surface area (Å²) in [4.78, 5) is 0. The van der Waals surface area contributed by atoms with E-state index in [-0.39, 0.29) is 16.5 Å². The van der Waals surface area contributed by atoms with Crippen molar-refractivity contribution in [2.75, 3.05) is 13.2 Å². The van der Waals surface area contributed by atoms with E-state index in [1.54, 1.807) is 0 Å². The highest BCUT2D eigenvalue weighted by molar-refractivity contribution is 7.81. The second-order valence-electron chi connectivity index (χ2n) is 4.79. The monoisotopic (exact) mass is 203 g/mol. The van der Waals surface area contributed by atoms with Crippen LogP contribution in [0, 0.1) is 12.3 Å². The van der Waals surface area contributed by atoms with E-state index in [1.165, 1.54) is 0 Å². The van der Waals surface area contributed by atoms with Gasteiger partial charge in [0.2, 0.25) is 0 Å². The van der Waals surface area contributed by atoms with Gasteiger partial charge in [0.1, 0.15) is 0 Å². The van der Waals surface area contributed by atoms with Gasteiger partial charge in [-0.3, -0.25) is 0 Å². The van der Waals surface area contributed by atoms with E-state index in [1.807, 2.05) is 0 Å². The molecule has 1 aliphatic rings. The average molecular weight is 203 g/mol. The first-order chi connectivity index (χ1) is 5.87. The average Bonchev–Trinajstić information content (AvgIpc) is 2.04. The van der Waals surface area contributed by atoms with Crippen molar-refractivity contribution in [2.24, 2.45) is 5.41 Å². The summed E-state index contributed by atoms with van der Waals surface area (Å²) in [5.41, 5.74) is 0.0380. The Morgan fingerprint density at radius 2 is 1.85 bits per heavy atom. The number of ether oxygens (including phenoxy) is 2. The molecule has 1 aliphatic heterocycles. The molecule has 2 nitrogen and oxygen atoms in total. The maximum atomic E-state index is 5.61. The number of hydrogen-bond donors (Lipinski definition) is 1. The molecule has 0 bridgehead atoms. The summed E-state index contributed by atoms with van der Waals surface area (Å²) >= 11 is 4.47. The fourth-order valence-electron chi connectivity index (χ4n) is 1.20. The second-order valence-corrected chi connectivity index (χ2v) is 5.74. The molecule has 0 saturated carbocycles. The third kappa shape index (κ3) is 2.86. The molecule has 3 heteroatoms. The number of hydrogen-bond acceptors (Lipinski definition) is 3. The standard InChI is InChI=1S/C10H19O2S/c1-5-10(13)6-11-8(12-7-10)9(2,3)4/h8,13H,1,5-7H2,2-4H3. The lowest BCUT2D eigenvalue weighted by molar-refractivity contribution is -0.234. The van der Waals surface area contributed by atoms with Crippen LogP contribution in [0.2, 0.25) is 0 Å². The Morgan fingerprint density at radius 1 is 1.38 bits per heavy atom. The molecule has 0 aromatic rings. The zero-order valence-corrected chi connectivity index (χ0v) is 9.56. The van der Waals surface area contributed by atoms with Gasteiger partial charge in [0.15, 0.2) is 6.29 Å². The normalized spacial score (nSPS) is 36.2. The fraction of sp³-hybridized carbons (Fsp3) is 0.900. The molecule has 0 aromatic heterocycles. The Hall–Kier alpha value is 0.270. The first-order valence-corrected chi connectivity index (χ1v) is 5.07. The lowest BCUT2D eigenvalue weighted by Gasteiger charge is -2.40. The Morgan fingerprint density at radius 3 is 2.15 bits per heavy atom.